The van der Waals surface area contributed by atoms with Crippen molar-refractivity contribution in [1.29, 1.82) is 0 Å². The zero-order valence-corrected chi connectivity index (χ0v) is 12.1. The lowest BCUT2D eigenvalue weighted by Crippen LogP contribution is -2.26. The Hall–Kier alpha value is -2.67. The molecule has 0 fully saturated rings. The summed E-state index contributed by atoms with van der Waals surface area (Å²) in [6.07, 6.45) is 1.22. The summed E-state index contributed by atoms with van der Waals surface area (Å²) in [5, 5.41) is 12.1. The van der Waals surface area contributed by atoms with Gasteiger partial charge < -0.3 is 15.2 Å². The fourth-order valence-electron chi connectivity index (χ4n) is 2.47. The summed E-state index contributed by atoms with van der Waals surface area (Å²) < 4.78 is 5.74. The molecule has 1 aromatic carbocycles. The average Bonchev–Trinajstić information content (AvgIpc) is 2.91. The Bertz CT molecular complexity index is 705. The van der Waals surface area contributed by atoms with Crippen molar-refractivity contribution in [3.63, 3.8) is 0 Å². The van der Waals surface area contributed by atoms with E-state index < -0.39 is 6.09 Å². The maximum Gasteiger partial charge on any atom is 0.411 e. The van der Waals surface area contributed by atoms with E-state index in [9.17, 15) is 4.79 Å². The lowest BCUT2D eigenvalue weighted by atomic mass is 10.1. The first kappa shape index (κ1) is 14.3. The smallest absolute Gasteiger partial charge is 0.411 e. The normalized spacial score (nSPS) is 13.0. The predicted molar refractivity (Wildman–Crippen MR) is 80.4 cm³/mol. The van der Waals surface area contributed by atoms with E-state index >= 15 is 0 Å². The predicted octanol–water partition coefficient (Wildman–Crippen LogP) is 2.03. The molecule has 0 bridgehead atoms. The highest BCUT2D eigenvalue weighted by Gasteiger charge is 2.24. The molecule has 2 N–H and O–H groups in total. The molecule has 0 saturated carbocycles. The number of nitrogens with one attached hydrogen (secondary N) is 1. The van der Waals surface area contributed by atoms with Gasteiger partial charge in [0.05, 0.1) is 11.4 Å². The zero-order valence-electron chi connectivity index (χ0n) is 12.1. The molecule has 3 rings (SSSR count). The molecule has 0 unspecified atom stereocenters. The van der Waals surface area contributed by atoms with E-state index in [1.165, 1.54) is 11.2 Å². The first-order valence-electron chi connectivity index (χ1n) is 6.94. The number of ether oxygens (including phenoxy) is 1. The van der Waals surface area contributed by atoms with E-state index in [0.717, 1.165) is 16.9 Å². The van der Waals surface area contributed by atoms with Gasteiger partial charge in [-0.3, -0.25) is 4.90 Å². The summed E-state index contributed by atoms with van der Waals surface area (Å²) >= 11 is 0. The second kappa shape index (κ2) is 5.98. The van der Waals surface area contributed by atoms with Crippen molar-refractivity contribution < 1.29 is 14.6 Å². The summed E-state index contributed by atoms with van der Waals surface area (Å²) in [6, 6.07) is 7.15. The maximum absolute atomic E-state index is 11.1. The Morgan fingerprint density at radius 3 is 3.05 bits per heavy atom. The largest absolute Gasteiger partial charge is 0.465 e. The van der Waals surface area contributed by atoms with Crippen LogP contribution in [0, 0.1) is 0 Å². The van der Waals surface area contributed by atoms with Gasteiger partial charge in [-0.05, 0) is 37.2 Å². The molecular formula is C15H16N4O3. The number of hydrogen-bond donors (Lipinski definition) is 2. The quantitative estimate of drug-likeness (QED) is 0.898. The van der Waals surface area contributed by atoms with Crippen LogP contribution in [0.1, 0.15) is 11.3 Å². The van der Waals surface area contributed by atoms with Gasteiger partial charge in [0.1, 0.15) is 12.1 Å². The van der Waals surface area contributed by atoms with Crippen LogP contribution in [0.15, 0.2) is 30.6 Å². The molecule has 7 nitrogen and oxygen atoms in total. The summed E-state index contributed by atoms with van der Waals surface area (Å²) in [7, 11) is 1.84. The number of benzene rings is 1. The SMILES string of the molecule is CNCc1cc(Oc2ccc3c(c2)CCN3C(=O)O)ncn1. The molecule has 1 aromatic heterocycles. The number of amides is 1. The van der Waals surface area contributed by atoms with Crippen LogP contribution < -0.4 is 15.0 Å². The van der Waals surface area contributed by atoms with Crippen LogP contribution in [0.5, 0.6) is 11.6 Å². The van der Waals surface area contributed by atoms with Gasteiger partial charge in [-0.2, -0.15) is 0 Å². The van der Waals surface area contributed by atoms with Crippen molar-refractivity contribution in [2.75, 3.05) is 18.5 Å². The van der Waals surface area contributed by atoms with Gasteiger partial charge >= 0.3 is 6.09 Å². The highest BCUT2D eigenvalue weighted by atomic mass is 16.5. The van der Waals surface area contributed by atoms with E-state index in [1.54, 1.807) is 18.2 Å². The Balaban J connectivity index is 1.80. The van der Waals surface area contributed by atoms with Gasteiger partial charge in [0.2, 0.25) is 5.88 Å². The highest BCUT2D eigenvalue weighted by molar-refractivity contribution is 5.89. The molecule has 0 spiro atoms. The average molecular weight is 300 g/mol. The second-order valence-corrected chi connectivity index (χ2v) is 4.95. The highest BCUT2D eigenvalue weighted by Crippen LogP contribution is 2.32. The van der Waals surface area contributed by atoms with Crippen LogP contribution in [0.2, 0.25) is 0 Å². The number of rotatable bonds is 4. The molecule has 22 heavy (non-hydrogen) atoms. The van der Waals surface area contributed by atoms with E-state index in [4.69, 9.17) is 9.84 Å². The van der Waals surface area contributed by atoms with Crippen LogP contribution >= 0.6 is 0 Å². The van der Waals surface area contributed by atoms with E-state index in [0.29, 0.717) is 31.1 Å². The lowest BCUT2D eigenvalue weighted by Gasteiger charge is -2.13. The second-order valence-electron chi connectivity index (χ2n) is 4.95. The zero-order chi connectivity index (χ0) is 15.5. The number of nitrogens with zero attached hydrogens (tertiary/aromatic N) is 3. The number of carbonyl (C=O) groups is 1. The van der Waals surface area contributed by atoms with E-state index in [1.807, 2.05) is 13.1 Å². The van der Waals surface area contributed by atoms with Crippen molar-refractivity contribution in [1.82, 2.24) is 15.3 Å². The van der Waals surface area contributed by atoms with Gasteiger partial charge in [-0.15, -0.1) is 0 Å². The van der Waals surface area contributed by atoms with Gasteiger partial charge in [0.25, 0.3) is 0 Å². The molecule has 1 amide bonds. The van der Waals surface area contributed by atoms with Crippen molar-refractivity contribution in [3.8, 4) is 11.6 Å². The topological polar surface area (TPSA) is 87.6 Å². The first-order chi connectivity index (χ1) is 10.7. The van der Waals surface area contributed by atoms with Crippen molar-refractivity contribution >= 4 is 11.8 Å². The van der Waals surface area contributed by atoms with E-state index in [-0.39, 0.29) is 0 Å². The van der Waals surface area contributed by atoms with Crippen LogP contribution in [-0.4, -0.2) is 34.8 Å². The van der Waals surface area contributed by atoms with Gasteiger partial charge in [0.15, 0.2) is 0 Å². The summed E-state index contributed by atoms with van der Waals surface area (Å²) in [5.41, 5.74) is 2.52. The lowest BCUT2D eigenvalue weighted by molar-refractivity contribution is 0.202. The van der Waals surface area contributed by atoms with Crippen LogP contribution in [0.25, 0.3) is 0 Å². The Morgan fingerprint density at radius 2 is 2.27 bits per heavy atom. The fraction of sp³-hybridized carbons (Fsp3) is 0.267. The molecule has 1 aliphatic heterocycles. The third kappa shape index (κ3) is 2.84. The minimum Gasteiger partial charge on any atom is -0.465 e. The number of hydrogen-bond acceptors (Lipinski definition) is 5. The number of fused-ring (bicyclic) bond motifs is 1. The third-order valence-corrected chi connectivity index (χ3v) is 3.46. The van der Waals surface area contributed by atoms with Gasteiger partial charge in [-0.25, -0.2) is 14.8 Å². The minimum absolute atomic E-state index is 0.466. The van der Waals surface area contributed by atoms with Crippen molar-refractivity contribution in [2.24, 2.45) is 0 Å². The maximum atomic E-state index is 11.1. The number of anilines is 1. The summed E-state index contributed by atoms with van der Waals surface area (Å²) in [4.78, 5) is 20.7. The molecule has 2 aromatic rings. The summed E-state index contributed by atoms with van der Waals surface area (Å²) in [6.45, 7) is 1.12. The van der Waals surface area contributed by atoms with Crippen molar-refractivity contribution in [3.05, 3.63) is 41.9 Å². The molecule has 2 heterocycles. The van der Waals surface area contributed by atoms with Crippen LogP contribution in [-0.2, 0) is 13.0 Å². The van der Waals surface area contributed by atoms with Crippen LogP contribution in [0.3, 0.4) is 0 Å². The molecule has 7 heteroatoms. The fourth-order valence-corrected chi connectivity index (χ4v) is 2.47. The molecule has 0 atom stereocenters. The molecular weight excluding hydrogens is 284 g/mol. The molecule has 0 radical (unpaired) electrons. The Morgan fingerprint density at radius 1 is 1.41 bits per heavy atom. The van der Waals surface area contributed by atoms with Gasteiger partial charge in [0, 0.05) is 19.2 Å². The minimum atomic E-state index is -0.931. The third-order valence-electron chi connectivity index (χ3n) is 3.46. The molecule has 114 valence electrons. The molecule has 1 aliphatic rings. The monoisotopic (exact) mass is 300 g/mol. The first-order valence-corrected chi connectivity index (χ1v) is 6.94. The standard InChI is InChI=1S/C15H16N4O3/c1-16-8-11-7-14(18-9-17-11)22-12-2-3-13-10(6-12)4-5-19(13)15(20)21/h2-3,6-7,9,16H,4-5,8H2,1H3,(H,20,21). The van der Waals surface area contributed by atoms with Gasteiger partial charge in [-0.1, -0.05) is 0 Å². The summed E-state index contributed by atoms with van der Waals surface area (Å²) in [5.74, 6) is 1.10. The number of carboxylic acid groups (broad SMARTS) is 1. The van der Waals surface area contributed by atoms with Crippen molar-refractivity contribution in [2.45, 2.75) is 13.0 Å². The Labute approximate surface area is 127 Å². The number of aromatic nitrogens is 2. The van der Waals surface area contributed by atoms with E-state index in [2.05, 4.69) is 15.3 Å². The molecule has 0 aliphatic carbocycles. The Kier molecular flexibility index (Phi) is 3.88. The van der Waals surface area contributed by atoms with Crippen LogP contribution in [0.4, 0.5) is 10.5 Å². The molecule has 0 saturated heterocycles.